The predicted molar refractivity (Wildman–Crippen MR) is 88.5 cm³/mol. The summed E-state index contributed by atoms with van der Waals surface area (Å²) in [6.07, 6.45) is 1.93. The minimum absolute atomic E-state index is 0.302. The lowest BCUT2D eigenvalue weighted by atomic mass is 9.91. The zero-order valence-corrected chi connectivity index (χ0v) is 12.9. The monoisotopic (exact) mass is 282 g/mol. The summed E-state index contributed by atoms with van der Waals surface area (Å²) in [7, 11) is 1.68. The summed E-state index contributed by atoms with van der Waals surface area (Å²) in [5.41, 5.74) is 5.06. The lowest BCUT2D eigenvalue weighted by Crippen LogP contribution is -1.92. The van der Waals surface area contributed by atoms with E-state index in [0.717, 1.165) is 18.6 Å². The number of methoxy groups -OCH3 is 1. The van der Waals surface area contributed by atoms with Crippen LogP contribution < -0.4 is 4.74 Å². The molecule has 0 aliphatic heterocycles. The SMILES string of the molecule is CC/C(=C(\CC)c1ccc(OC)cc1)c1ccc(O)cc1. The molecule has 1 N–H and O–H groups in total. The molecule has 2 aromatic carbocycles. The van der Waals surface area contributed by atoms with Crippen LogP contribution in [0.5, 0.6) is 11.5 Å². The quantitative estimate of drug-likeness (QED) is 0.770. The van der Waals surface area contributed by atoms with Gasteiger partial charge in [-0.05, 0) is 59.4 Å². The van der Waals surface area contributed by atoms with Crippen molar-refractivity contribution >= 4 is 11.1 Å². The summed E-state index contributed by atoms with van der Waals surface area (Å²) in [4.78, 5) is 0. The molecule has 0 bridgehead atoms. The zero-order chi connectivity index (χ0) is 15.2. The molecule has 21 heavy (non-hydrogen) atoms. The lowest BCUT2D eigenvalue weighted by molar-refractivity contribution is 0.415. The van der Waals surface area contributed by atoms with E-state index in [4.69, 9.17) is 4.74 Å². The van der Waals surface area contributed by atoms with Gasteiger partial charge in [-0.25, -0.2) is 0 Å². The minimum Gasteiger partial charge on any atom is -0.508 e. The molecule has 0 saturated heterocycles. The molecule has 0 heterocycles. The van der Waals surface area contributed by atoms with Gasteiger partial charge >= 0.3 is 0 Å². The van der Waals surface area contributed by atoms with Gasteiger partial charge in [0.25, 0.3) is 0 Å². The van der Waals surface area contributed by atoms with Gasteiger partial charge in [0.1, 0.15) is 11.5 Å². The van der Waals surface area contributed by atoms with E-state index in [-0.39, 0.29) is 0 Å². The van der Waals surface area contributed by atoms with E-state index >= 15 is 0 Å². The van der Waals surface area contributed by atoms with Crippen LogP contribution in [-0.4, -0.2) is 12.2 Å². The Balaban J connectivity index is 2.49. The largest absolute Gasteiger partial charge is 0.508 e. The van der Waals surface area contributed by atoms with Gasteiger partial charge in [0.15, 0.2) is 0 Å². The Kier molecular flexibility index (Phi) is 5.04. The van der Waals surface area contributed by atoms with Crippen LogP contribution in [0.2, 0.25) is 0 Å². The number of rotatable bonds is 5. The van der Waals surface area contributed by atoms with Gasteiger partial charge in [-0.3, -0.25) is 0 Å². The van der Waals surface area contributed by atoms with Crippen molar-refractivity contribution in [3.05, 3.63) is 59.7 Å². The molecule has 0 aliphatic rings. The molecule has 2 heteroatoms. The number of benzene rings is 2. The normalized spacial score (nSPS) is 12.0. The van der Waals surface area contributed by atoms with Crippen LogP contribution in [0.4, 0.5) is 0 Å². The number of hydrogen-bond acceptors (Lipinski definition) is 2. The first-order chi connectivity index (χ1) is 10.2. The van der Waals surface area contributed by atoms with Gasteiger partial charge in [0.05, 0.1) is 7.11 Å². The number of ether oxygens (including phenoxy) is 1. The molecule has 2 nitrogen and oxygen atoms in total. The lowest BCUT2D eigenvalue weighted by Gasteiger charge is -2.14. The van der Waals surface area contributed by atoms with E-state index in [9.17, 15) is 5.11 Å². The molecule has 2 rings (SSSR count). The van der Waals surface area contributed by atoms with Crippen LogP contribution in [-0.2, 0) is 0 Å². The third kappa shape index (κ3) is 3.46. The van der Waals surface area contributed by atoms with Gasteiger partial charge in [-0.2, -0.15) is 0 Å². The maximum absolute atomic E-state index is 9.45. The van der Waals surface area contributed by atoms with Gasteiger partial charge < -0.3 is 9.84 Å². The molecule has 0 atom stereocenters. The van der Waals surface area contributed by atoms with E-state index in [1.54, 1.807) is 19.2 Å². The van der Waals surface area contributed by atoms with E-state index in [1.807, 2.05) is 24.3 Å². The molecule has 0 saturated carbocycles. The molecule has 0 spiro atoms. The van der Waals surface area contributed by atoms with Crippen LogP contribution in [0.3, 0.4) is 0 Å². The van der Waals surface area contributed by atoms with E-state index < -0.39 is 0 Å². The topological polar surface area (TPSA) is 29.5 Å². The van der Waals surface area contributed by atoms with Crippen molar-refractivity contribution in [2.24, 2.45) is 0 Å². The molecule has 2 aromatic rings. The zero-order valence-electron chi connectivity index (χ0n) is 12.9. The van der Waals surface area contributed by atoms with Gasteiger partial charge in [-0.1, -0.05) is 38.1 Å². The van der Waals surface area contributed by atoms with Gasteiger partial charge in [-0.15, -0.1) is 0 Å². The highest BCUT2D eigenvalue weighted by molar-refractivity contribution is 5.90. The smallest absolute Gasteiger partial charge is 0.118 e. The van der Waals surface area contributed by atoms with E-state index in [2.05, 4.69) is 26.0 Å². The Morgan fingerprint density at radius 3 is 1.62 bits per heavy atom. The Bertz CT molecular complexity index is 607. The molecule has 0 amide bonds. The van der Waals surface area contributed by atoms with Crippen LogP contribution >= 0.6 is 0 Å². The first kappa shape index (κ1) is 15.2. The number of aromatic hydroxyl groups is 1. The maximum Gasteiger partial charge on any atom is 0.118 e. The van der Waals surface area contributed by atoms with Crippen molar-refractivity contribution in [1.29, 1.82) is 0 Å². The molecular weight excluding hydrogens is 260 g/mol. The number of hydrogen-bond donors (Lipinski definition) is 1. The summed E-state index contributed by atoms with van der Waals surface area (Å²) in [5, 5.41) is 9.45. The highest BCUT2D eigenvalue weighted by Crippen LogP contribution is 2.32. The molecule has 0 aromatic heterocycles. The summed E-state index contributed by atoms with van der Waals surface area (Å²) >= 11 is 0. The summed E-state index contributed by atoms with van der Waals surface area (Å²) in [6, 6.07) is 15.6. The third-order valence-corrected chi connectivity index (χ3v) is 3.73. The second-order valence-electron chi connectivity index (χ2n) is 4.94. The molecular formula is C19H22O2. The Hall–Kier alpha value is -2.22. The first-order valence-electron chi connectivity index (χ1n) is 7.35. The van der Waals surface area contributed by atoms with Crippen LogP contribution in [0, 0.1) is 0 Å². The molecule has 0 aliphatic carbocycles. The molecule has 110 valence electrons. The molecule has 0 fully saturated rings. The van der Waals surface area contributed by atoms with Crippen LogP contribution in [0.1, 0.15) is 37.8 Å². The molecule has 0 radical (unpaired) electrons. The Morgan fingerprint density at radius 1 is 0.810 bits per heavy atom. The summed E-state index contributed by atoms with van der Waals surface area (Å²) in [5.74, 6) is 1.17. The average molecular weight is 282 g/mol. The minimum atomic E-state index is 0.302. The van der Waals surface area contributed by atoms with Crippen molar-refractivity contribution in [2.75, 3.05) is 7.11 Å². The first-order valence-corrected chi connectivity index (χ1v) is 7.35. The van der Waals surface area contributed by atoms with Crippen LogP contribution in [0.15, 0.2) is 48.5 Å². The fourth-order valence-corrected chi connectivity index (χ4v) is 2.64. The van der Waals surface area contributed by atoms with Crippen molar-refractivity contribution < 1.29 is 9.84 Å². The number of phenolic OH excluding ortho intramolecular Hbond substituents is 1. The maximum atomic E-state index is 9.45. The van der Waals surface area contributed by atoms with Crippen molar-refractivity contribution in [3.8, 4) is 11.5 Å². The standard InChI is InChI=1S/C19H22O2/c1-4-18(14-6-10-16(20)11-7-14)19(5-2)15-8-12-17(21-3)13-9-15/h6-13,20H,4-5H2,1-3H3/b19-18-. The Labute approximate surface area is 126 Å². The highest BCUT2D eigenvalue weighted by atomic mass is 16.5. The average Bonchev–Trinajstić information content (AvgIpc) is 2.54. The predicted octanol–water partition coefficient (Wildman–Crippen LogP) is 5.13. The van der Waals surface area contributed by atoms with Gasteiger partial charge in [0.2, 0.25) is 0 Å². The van der Waals surface area contributed by atoms with Crippen molar-refractivity contribution in [2.45, 2.75) is 26.7 Å². The summed E-state index contributed by atoms with van der Waals surface area (Å²) in [6.45, 7) is 4.34. The van der Waals surface area contributed by atoms with Crippen molar-refractivity contribution in [1.82, 2.24) is 0 Å². The second kappa shape index (κ2) is 6.98. The van der Waals surface area contributed by atoms with Crippen molar-refractivity contribution in [3.63, 3.8) is 0 Å². The fraction of sp³-hybridized carbons (Fsp3) is 0.263. The second-order valence-corrected chi connectivity index (χ2v) is 4.94. The summed E-state index contributed by atoms with van der Waals surface area (Å²) < 4.78 is 5.22. The number of phenols is 1. The number of allylic oxidation sites excluding steroid dienone is 2. The van der Waals surface area contributed by atoms with Crippen LogP contribution in [0.25, 0.3) is 11.1 Å². The van der Waals surface area contributed by atoms with E-state index in [1.165, 1.54) is 22.3 Å². The fourth-order valence-electron chi connectivity index (χ4n) is 2.64. The Morgan fingerprint density at radius 2 is 1.24 bits per heavy atom. The van der Waals surface area contributed by atoms with Gasteiger partial charge in [0, 0.05) is 0 Å². The third-order valence-electron chi connectivity index (χ3n) is 3.73. The highest BCUT2D eigenvalue weighted by Gasteiger charge is 2.09. The molecule has 0 unspecified atom stereocenters. The van der Waals surface area contributed by atoms with E-state index in [0.29, 0.717) is 5.75 Å².